The average molecular weight is 335 g/mol. The third kappa shape index (κ3) is 5.07. The Balaban J connectivity index is 2.04. The van der Waals surface area contributed by atoms with Crippen molar-refractivity contribution < 1.29 is 4.79 Å². The predicted molar refractivity (Wildman–Crippen MR) is 98.2 cm³/mol. The highest BCUT2D eigenvalue weighted by molar-refractivity contribution is 5.81. The van der Waals surface area contributed by atoms with Crippen LogP contribution in [-0.2, 0) is 4.79 Å². The number of amides is 1. The normalized spacial score (nSPS) is 17.7. The predicted octanol–water partition coefficient (Wildman–Crippen LogP) is 3.22. The highest BCUT2D eigenvalue weighted by Gasteiger charge is 2.29. The Morgan fingerprint density at radius 2 is 1.96 bits per heavy atom. The Labute approximate surface area is 146 Å². The van der Waals surface area contributed by atoms with Crippen molar-refractivity contribution in [3.05, 3.63) is 17.5 Å². The molecule has 2 rings (SSSR count). The number of hydrogen-bond donors (Lipinski definition) is 1. The number of hydrogen-bond acceptors (Lipinski definition) is 3. The van der Waals surface area contributed by atoms with Crippen molar-refractivity contribution in [2.75, 3.05) is 19.6 Å². The monoisotopic (exact) mass is 334 g/mol. The molecule has 1 aromatic rings. The summed E-state index contributed by atoms with van der Waals surface area (Å²) in [5, 5.41) is 7.82. The Morgan fingerprint density at radius 1 is 1.29 bits per heavy atom. The van der Waals surface area contributed by atoms with Crippen LogP contribution in [0.25, 0.3) is 0 Å². The van der Waals surface area contributed by atoms with E-state index >= 15 is 0 Å². The van der Waals surface area contributed by atoms with Crippen molar-refractivity contribution in [1.82, 2.24) is 20.0 Å². The minimum atomic E-state index is -0.226. The molecule has 2 heterocycles. The van der Waals surface area contributed by atoms with E-state index in [4.69, 9.17) is 0 Å². The van der Waals surface area contributed by atoms with Gasteiger partial charge in [0, 0.05) is 17.8 Å². The zero-order valence-corrected chi connectivity index (χ0v) is 16.1. The number of rotatable bonds is 7. The molecule has 5 heteroatoms. The van der Waals surface area contributed by atoms with Crippen LogP contribution in [0, 0.1) is 13.8 Å². The largest absolute Gasteiger partial charge is 0.348 e. The fraction of sp³-hybridized carbons (Fsp3) is 0.789. The molecule has 0 radical (unpaired) electrons. The molecule has 1 amide bonds. The molecule has 0 saturated carbocycles. The van der Waals surface area contributed by atoms with Gasteiger partial charge in [0.2, 0.25) is 5.91 Å². The van der Waals surface area contributed by atoms with Gasteiger partial charge >= 0.3 is 0 Å². The second-order valence-electron chi connectivity index (χ2n) is 7.89. The Kier molecular flexibility index (Phi) is 6.44. The van der Waals surface area contributed by atoms with Crippen LogP contribution in [0.4, 0.5) is 0 Å². The molecule has 1 fully saturated rings. The molecule has 0 bridgehead atoms. The zero-order chi connectivity index (χ0) is 17.7. The van der Waals surface area contributed by atoms with E-state index in [0.717, 1.165) is 43.9 Å². The smallest absolute Gasteiger partial charge is 0.245 e. The number of nitrogens with one attached hydrogen (secondary N) is 1. The molecule has 136 valence electrons. The highest BCUT2D eigenvalue weighted by atomic mass is 16.2. The molecule has 1 N–H and O–H groups in total. The van der Waals surface area contributed by atoms with Crippen LogP contribution in [0.1, 0.15) is 70.3 Å². The molecule has 24 heavy (non-hydrogen) atoms. The van der Waals surface area contributed by atoms with E-state index in [1.165, 1.54) is 19.3 Å². The summed E-state index contributed by atoms with van der Waals surface area (Å²) < 4.78 is 1.89. The van der Waals surface area contributed by atoms with E-state index in [0.29, 0.717) is 0 Å². The minimum Gasteiger partial charge on any atom is -0.348 e. The molecule has 0 spiro atoms. The van der Waals surface area contributed by atoms with E-state index in [1.54, 1.807) is 0 Å². The van der Waals surface area contributed by atoms with Gasteiger partial charge in [-0.2, -0.15) is 5.10 Å². The third-order valence-electron chi connectivity index (χ3n) is 4.73. The third-order valence-corrected chi connectivity index (χ3v) is 4.73. The van der Waals surface area contributed by atoms with Gasteiger partial charge in [-0.3, -0.25) is 9.48 Å². The summed E-state index contributed by atoms with van der Waals surface area (Å²) in [6.07, 6.45) is 5.65. The maximum absolute atomic E-state index is 13.0. The van der Waals surface area contributed by atoms with E-state index in [9.17, 15) is 4.79 Å². The SMILES string of the molecule is CCCC(C(=O)NC(C)(C)CN1CCCCC1)n1nc(C)cc1C. The number of piperidine rings is 1. The highest BCUT2D eigenvalue weighted by Crippen LogP contribution is 2.19. The summed E-state index contributed by atoms with van der Waals surface area (Å²) in [6, 6.07) is 1.82. The van der Waals surface area contributed by atoms with Crippen molar-refractivity contribution >= 4 is 5.91 Å². The van der Waals surface area contributed by atoms with Crippen LogP contribution >= 0.6 is 0 Å². The Bertz CT molecular complexity index is 544. The first-order valence-electron chi connectivity index (χ1n) is 9.39. The van der Waals surface area contributed by atoms with Gasteiger partial charge in [-0.1, -0.05) is 19.8 Å². The molecule has 0 aromatic carbocycles. The summed E-state index contributed by atoms with van der Waals surface area (Å²) in [6.45, 7) is 13.6. The van der Waals surface area contributed by atoms with Gasteiger partial charge in [-0.05, 0) is 66.1 Å². The standard InChI is InChI=1S/C19H34N4O/c1-6-10-17(23-16(3)13-15(2)21-23)18(24)20-19(4,5)14-22-11-8-7-9-12-22/h13,17H,6-12,14H2,1-5H3,(H,20,24). The number of carbonyl (C=O) groups is 1. The average Bonchev–Trinajstić information content (AvgIpc) is 2.83. The first kappa shape index (κ1) is 19.0. The first-order valence-corrected chi connectivity index (χ1v) is 9.39. The topological polar surface area (TPSA) is 50.2 Å². The fourth-order valence-corrected chi connectivity index (χ4v) is 3.73. The molecular formula is C19H34N4O. The molecule has 0 aliphatic carbocycles. The van der Waals surface area contributed by atoms with Crippen LogP contribution < -0.4 is 5.32 Å². The molecule has 1 aliphatic rings. The lowest BCUT2D eigenvalue weighted by Crippen LogP contribution is -2.54. The van der Waals surface area contributed by atoms with Crippen LogP contribution in [-0.4, -0.2) is 45.8 Å². The molecular weight excluding hydrogens is 300 g/mol. The number of nitrogens with zero attached hydrogens (tertiary/aromatic N) is 3. The summed E-state index contributed by atoms with van der Waals surface area (Å²) in [7, 11) is 0. The number of aromatic nitrogens is 2. The van der Waals surface area contributed by atoms with E-state index in [-0.39, 0.29) is 17.5 Å². The molecule has 1 saturated heterocycles. The van der Waals surface area contributed by atoms with Crippen molar-refractivity contribution in [3.8, 4) is 0 Å². The lowest BCUT2D eigenvalue weighted by atomic mass is 10.0. The van der Waals surface area contributed by atoms with Crippen molar-refractivity contribution in [2.24, 2.45) is 0 Å². The lowest BCUT2D eigenvalue weighted by molar-refractivity contribution is -0.126. The quantitative estimate of drug-likeness (QED) is 0.833. The second kappa shape index (κ2) is 8.15. The maximum atomic E-state index is 13.0. The van der Waals surface area contributed by atoms with Gasteiger partial charge in [0.15, 0.2) is 0 Å². The van der Waals surface area contributed by atoms with E-state index in [1.807, 2.05) is 24.6 Å². The van der Waals surface area contributed by atoms with E-state index < -0.39 is 0 Å². The van der Waals surface area contributed by atoms with Crippen molar-refractivity contribution in [3.63, 3.8) is 0 Å². The first-order chi connectivity index (χ1) is 11.3. The zero-order valence-electron chi connectivity index (χ0n) is 16.1. The van der Waals surface area contributed by atoms with Crippen LogP contribution in [0.3, 0.4) is 0 Å². The van der Waals surface area contributed by atoms with Gasteiger partial charge < -0.3 is 10.2 Å². The Morgan fingerprint density at radius 3 is 2.50 bits per heavy atom. The van der Waals surface area contributed by atoms with Crippen LogP contribution in [0.5, 0.6) is 0 Å². The van der Waals surface area contributed by atoms with E-state index in [2.05, 4.69) is 36.1 Å². The molecule has 1 unspecified atom stereocenters. The van der Waals surface area contributed by atoms with Crippen LogP contribution in [0.15, 0.2) is 6.07 Å². The van der Waals surface area contributed by atoms with Crippen molar-refractivity contribution in [1.29, 1.82) is 0 Å². The van der Waals surface area contributed by atoms with Gasteiger partial charge in [0.25, 0.3) is 0 Å². The van der Waals surface area contributed by atoms with Gasteiger partial charge in [-0.15, -0.1) is 0 Å². The van der Waals surface area contributed by atoms with Crippen LogP contribution in [0.2, 0.25) is 0 Å². The summed E-state index contributed by atoms with van der Waals surface area (Å²) in [5.41, 5.74) is 1.79. The maximum Gasteiger partial charge on any atom is 0.245 e. The Hall–Kier alpha value is -1.36. The summed E-state index contributed by atoms with van der Waals surface area (Å²) >= 11 is 0. The molecule has 1 atom stereocenters. The molecule has 5 nitrogen and oxygen atoms in total. The summed E-state index contributed by atoms with van der Waals surface area (Å²) in [4.78, 5) is 15.4. The summed E-state index contributed by atoms with van der Waals surface area (Å²) in [5.74, 6) is 0.0880. The molecule has 1 aromatic heterocycles. The van der Waals surface area contributed by atoms with Crippen molar-refractivity contribution in [2.45, 2.75) is 78.3 Å². The van der Waals surface area contributed by atoms with Gasteiger partial charge in [-0.25, -0.2) is 0 Å². The second-order valence-corrected chi connectivity index (χ2v) is 7.89. The number of likely N-dealkylation sites (tertiary alicyclic amines) is 1. The lowest BCUT2D eigenvalue weighted by Gasteiger charge is -2.36. The fourth-order valence-electron chi connectivity index (χ4n) is 3.73. The van der Waals surface area contributed by atoms with Gasteiger partial charge in [0.05, 0.1) is 5.69 Å². The number of aryl methyl sites for hydroxylation is 2. The minimum absolute atomic E-state index is 0.0880. The van der Waals surface area contributed by atoms with Gasteiger partial charge in [0.1, 0.15) is 6.04 Å². The number of carbonyl (C=O) groups excluding carboxylic acids is 1. The molecule has 1 aliphatic heterocycles.